The standard InChI is InChI=1S/C20H18N2O4/c1-26-17-8-5-15(6-9-17)13-22-20(25)16(12-21)4-2-3-14-7-10-18(23)19(24)11-14/h2-11,23-24H,13H2,1H3,(H,22,25)/b3-2+,16-4+. The summed E-state index contributed by atoms with van der Waals surface area (Å²) in [5.41, 5.74) is 1.46. The van der Waals surface area contributed by atoms with Gasteiger partial charge in [-0.3, -0.25) is 4.79 Å². The van der Waals surface area contributed by atoms with Crippen molar-refractivity contribution in [3.63, 3.8) is 0 Å². The highest BCUT2D eigenvalue weighted by molar-refractivity contribution is 5.97. The average Bonchev–Trinajstić information content (AvgIpc) is 2.66. The van der Waals surface area contributed by atoms with Crippen LogP contribution in [0.1, 0.15) is 11.1 Å². The van der Waals surface area contributed by atoms with E-state index in [2.05, 4.69) is 5.32 Å². The molecule has 26 heavy (non-hydrogen) atoms. The Balaban J connectivity index is 1.98. The van der Waals surface area contributed by atoms with Gasteiger partial charge < -0.3 is 20.3 Å². The molecule has 0 fully saturated rings. The highest BCUT2D eigenvalue weighted by Crippen LogP contribution is 2.25. The first-order valence-corrected chi connectivity index (χ1v) is 7.75. The molecule has 2 aromatic carbocycles. The molecule has 0 spiro atoms. The van der Waals surface area contributed by atoms with Crippen LogP contribution in [0.4, 0.5) is 0 Å². The number of nitrogens with zero attached hydrogens (tertiary/aromatic N) is 1. The molecule has 0 aliphatic carbocycles. The van der Waals surface area contributed by atoms with Gasteiger partial charge in [-0.05, 0) is 41.5 Å². The minimum atomic E-state index is -0.485. The average molecular weight is 350 g/mol. The highest BCUT2D eigenvalue weighted by atomic mass is 16.5. The summed E-state index contributed by atoms with van der Waals surface area (Å²) in [6, 6.07) is 13.4. The number of methoxy groups -OCH3 is 1. The summed E-state index contributed by atoms with van der Waals surface area (Å²) < 4.78 is 5.07. The van der Waals surface area contributed by atoms with Crippen LogP contribution in [-0.4, -0.2) is 23.2 Å². The van der Waals surface area contributed by atoms with Crippen molar-refractivity contribution >= 4 is 12.0 Å². The quantitative estimate of drug-likeness (QED) is 0.322. The second-order valence-electron chi connectivity index (χ2n) is 5.33. The van der Waals surface area contributed by atoms with Gasteiger partial charge in [-0.2, -0.15) is 5.26 Å². The summed E-state index contributed by atoms with van der Waals surface area (Å²) in [6.07, 6.45) is 4.51. The van der Waals surface area contributed by atoms with Gasteiger partial charge >= 0.3 is 0 Å². The Labute approximate surface area is 151 Å². The molecule has 0 unspecified atom stereocenters. The fourth-order valence-corrected chi connectivity index (χ4v) is 2.08. The third kappa shape index (κ3) is 5.14. The second-order valence-corrected chi connectivity index (χ2v) is 5.33. The monoisotopic (exact) mass is 350 g/mol. The number of hydrogen-bond donors (Lipinski definition) is 3. The highest BCUT2D eigenvalue weighted by Gasteiger charge is 2.07. The van der Waals surface area contributed by atoms with Gasteiger partial charge in [0.15, 0.2) is 11.5 Å². The van der Waals surface area contributed by atoms with E-state index in [4.69, 9.17) is 10.00 Å². The Morgan fingerprint density at radius 1 is 1.19 bits per heavy atom. The molecule has 3 N–H and O–H groups in total. The van der Waals surface area contributed by atoms with Crippen LogP contribution in [0.15, 0.2) is 60.2 Å². The first-order chi connectivity index (χ1) is 12.5. The molecule has 2 aromatic rings. The zero-order valence-electron chi connectivity index (χ0n) is 14.1. The Hall–Kier alpha value is -3.72. The number of ether oxygens (including phenoxy) is 1. The molecular formula is C20H18N2O4. The number of nitriles is 1. The molecular weight excluding hydrogens is 332 g/mol. The number of carbonyl (C=O) groups is 1. The van der Waals surface area contributed by atoms with E-state index in [9.17, 15) is 15.0 Å². The van der Waals surface area contributed by atoms with E-state index in [0.29, 0.717) is 5.56 Å². The molecule has 0 heterocycles. The maximum atomic E-state index is 12.1. The van der Waals surface area contributed by atoms with Crippen LogP contribution in [-0.2, 0) is 11.3 Å². The number of benzene rings is 2. The Kier molecular flexibility index (Phi) is 6.40. The Morgan fingerprint density at radius 3 is 2.54 bits per heavy atom. The minimum absolute atomic E-state index is 0.0437. The largest absolute Gasteiger partial charge is 0.504 e. The summed E-state index contributed by atoms with van der Waals surface area (Å²) >= 11 is 0. The van der Waals surface area contributed by atoms with E-state index in [1.807, 2.05) is 18.2 Å². The van der Waals surface area contributed by atoms with Crippen molar-refractivity contribution in [3.05, 3.63) is 71.3 Å². The Morgan fingerprint density at radius 2 is 1.92 bits per heavy atom. The van der Waals surface area contributed by atoms with E-state index in [-0.39, 0.29) is 23.6 Å². The number of amides is 1. The van der Waals surface area contributed by atoms with Crippen molar-refractivity contribution in [2.24, 2.45) is 0 Å². The molecule has 6 heteroatoms. The summed E-state index contributed by atoms with van der Waals surface area (Å²) in [5, 5.41) is 30.5. The normalized spacial score (nSPS) is 11.2. The van der Waals surface area contributed by atoms with Crippen molar-refractivity contribution < 1.29 is 19.7 Å². The predicted octanol–water partition coefficient (Wildman–Crippen LogP) is 2.89. The molecule has 0 aromatic heterocycles. The Bertz CT molecular complexity index is 878. The number of aromatic hydroxyl groups is 2. The molecule has 0 saturated carbocycles. The topological polar surface area (TPSA) is 103 Å². The van der Waals surface area contributed by atoms with E-state index >= 15 is 0 Å². The number of rotatable bonds is 6. The van der Waals surface area contributed by atoms with Gasteiger partial charge in [0.2, 0.25) is 0 Å². The lowest BCUT2D eigenvalue weighted by Gasteiger charge is -2.05. The van der Waals surface area contributed by atoms with Crippen LogP contribution in [0.3, 0.4) is 0 Å². The molecule has 0 aliphatic rings. The molecule has 0 radical (unpaired) electrons. The van der Waals surface area contributed by atoms with Gasteiger partial charge in [0.1, 0.15) is 17.4 Å². The fraction of sp³-hybridized carbons (Fsp3) is 0.100. The lowest BCUT2D eigenvalue weighted by atomic mass is 10.1. The third-order valence-corrected chi connectivity index (χ3v) is 3.53. The van der Waals surface area contributed by atoms with Crippen molar-refractivity contribution in [1.82, 2.24) is 5.32 Å². The van der Waals surface area contributed by atoms with Crippen molar-refractivity contribution in [2.45, 2.75) is 6.54 Å². The predicted molar refractivity (Wildman–Crippen MR) is 97.3 cm³/mol. The van der Waals surface area contributed by atoms with Gasteiger partial charge in [0.05, 0.1) is 7.11 Å². The van der Waals surface area contributed by atoms with Crippen LogP contribution in [0.2, 0.25) is 0 Å². The maximum absolute atomic E-state index is 12.1. The molecule has 2 rings (SSSR count). The fourth-order valence-electron chi connectivity index (χ4n) is 2.08. The van der Waals surface area contributed by atoms with Gasteiger partial charge in [0, 0.05) is 6.54 Å². The lowest BCUT2D eigenvalue weighted by Crippen LogP contribution is -2.23. The molecule has 0 atom stereocenters. The van der Waals surface area contributed by atoms with Crippen LogP contribution < -0.4 is 10.1 Å². The lowest BCUT2D eigenvalue weighted by molar-refractivity contribution is -0.117. The molecule has 0 saturated heterocycles. The van der Waals surface area contributed by atoms with Crippen LogP contribution in [0.5, 0.6) is 17.2 Å². The molecule has 132 valence electrons. The first-order valence-electron chi connectivity index (χ1n) is 7.75. The summed E-state index contributed by atoms with van der Waals surface area (Å²) in [6.45, 7) is 0.289. The van der Waals surface area contributed by atoms with Gasteiger partial charge in [-0.15, -0.1) is 0 Å². The van der Waals surface area contributed by atoms with Gasteiger partial charge in [-0.25, -0.2) is 0 Å². The molecule has 0 bridgehead atoms. The summed E-state index contributed by atoms with van der Waals surface area (Å²) in [4.78, 5) is 12.1. The number of hydrogen-bond acceptors (Lipinski definition) is 5. The van der Waals surface area contributed by atoms with Crippen molar-refractivity contribution in [3.8, 4) is 23.3 Å². The summed E-state index contributed by atoms with van der Waals surface area (Å²) in [5.74, 6) is -0.216. The summed E-state index contributed by atoms with van der Waals surface area (Å²) in [7, 11) is 1.58. The van der Waals surface area contributed by atoms with Gasteiger partial charge in [0.25, 0.3) is 5.91 Å². The zero-order valence-corrected chi connectivity index (χ0v) is 14.1. The van der Waals surface area contributed by atoms with Crippen molar-refractivity contribution in [2.75, 3.05) is 7.11 Å². The number of carbonyl (C=O) groups excluding carboxylic acids is 1. The van der Waals surface area contributed by atoms with Crippen LogP contribution in [0, 0.1) is 11.3 Å². The minimum Gasteiger partial charge on any atom is -0.504 e. The number of phenols is 2. The molecule has 6 nitrogen and oxygen atoms in total. The van der Waals surface area contributed by atoms with Gasteiger partial charge in [-0.1, -0.05) is 30.4 Å². The van der Waals surface area contributed by atoms with Crippen LogP contribution in [0.25, 0.3) is 6.08 Å². The molecule has 1 amide bonds. The SMILES string of the molecule is COc1ccc(CNC(=O)/C(C#N)=C/C=C/c2ccc(O)c(O)c2)cc1. The number of phenolic OH excluding ortho intramolecular Hbond substituents is 2. The van der Waals surface area contributed by atoms with E-state index < -0.39 is 5.91 Å². The number of nitrogens with one attached hydrogen (secondary N) is 1. The third-order valence-electron chi connectivity index (χ3n) is 3.53. The second kappa shape index (κ2) is 8.94. The van der Waals surface area contributed by atoms with E-state index in [1.54, 1.807) is 31.4 Å². The number of allylic oxidation sites excluding steroid dienone is 2. The van der Waals surface area contributed by atoms with E-state index in [1.165, 1.54) is 24.3 Å². The smallest absolute Gasteiger partial charge is 0.262 e. The van der Waals surface area contributed by atoms with Crippen molar-refractivity contribution in [1.29, 1.82) is 5.26 Å². The zero-order chi connectivity index (χ0) is 18.9. The van der Waals surface area contributed by atoms with E-state index in [0.717, 1.165) is 11.3 Å². The maximum Gasteiger partial charge on any atom is 0.262 e. The molecule has 0 aliphatic heterocycles. The first kappa shape index (κ1) is 18.6. The van der Waals surface area contributed by atoms with Crippen LogP contribution >= 0.6 is 0 Å².